The lowest BCUT2D eigenvalue weighted by molar-refractivity contribution is 0.101. The summed E-state index contributed by atoms with van der Waals surface area (Å²) in [6.45, 7) is 5.82. The average Bonchev–Trinajstić information content (AvgIpc) is 2.98. The number of amides is 1. The summed E-state index contributed by atoms with van der Waals surface area (Å²) in [6.07, 6.45) is 0. The van der Waals surface area contributed by atoms with Crippen molar-refractivity contribution < 1.29 is 14.1 Å². The maximum absolute atomic E-state index is 12.7. The Morgan fingerprint density at radius 2 is 1.77 bits per heavy atom. The van der Waals surface area contributed by atoms with E-state index in [4.69, 9.17) is 20.9 Å². The van der Waals surface area contributed by atoms with Crippen LogP contribution in [0.3, 0.4) is 0 Å². The Morgan fingerprint density at radius 1 is 1.12 bits per heavy atom. The molecule has 0 saturated carbocycles. The van der Waals surface area contributed by atoms with Gasteiger partial charge in [0.1, 0.15) is 18.1 Å². The van der Waals surface area contributed by atoms with Crippen LogP contribution in [0.1, 0.15) is 32.9 Å². The van der Waals surface area contributed by atoms with E-state index in [9.17, 15) is 4.79 Å². The van der Waals surface area contributed by atoms with Crippen LogP contribution in [0.5, 0.6) is 5.75 Å². The normalized spacial score (nSPS) is 10.6. The molecule has 26 heavy (non-hydrogen) atoms. The number of hydrogen-bond donors (Lipinski definition) is 1. The molecule has 2 aromatic carbocycles. The molecule has 3 aromatic rings. The second-order valence-electron chi connectivity index (χ2n) is 6.03. The number of aromatic nitrogens is 1. The van der Waals surface area contributed by atoms with Crippen LogP contribution in [0.25, 0.3) is 0 Å². The third-order valence-electron chi connectivity index (χ3n) is 4.12. The molecule has 0 radical (unpaired) electrons. The smallest absolute Gasteiger partial charge is 0.278 e. The summed E-state index contributed by atoms with van der Waals surface area (Å²) >= 11 is 5.87. The lowest BCUT2D eigenvalue weighted by Gasteiger charge is -2.11. The third-order valence-corrected chi connectivity index (χ3v) is 4.37. The number of rotatable bonds is 5. The number of carbonyl (C=O) groups excluding carboxylic acids is 1. The Balaban J connectivity index is 1.78. The van der Waals surface area contributed by atoms with Crippen LogP contribution in [-0.4, -0.2) is 11.1 Å². The van der Waals surface area contributed by atoms with Gasteiger partial charge < -0.3 is 14.6 Å². The number of para-hydroxylation sites is 1. The fraction of sp³-hybridized carbons (Fsp3) is 0.200. The highest BCUT2D eigenvalue weighted by Crippen LogP contribution is 2.23. The summed E-state index contributed by atoms with van der Waals surface area (Å²) in [4.78, 5) is 12.7. The van der Waals surface area contributed by atoms with Crippen LogP contribution < -0.4 is 10.1 Å². The van der Waals surface area contributed by atoms with E-state index in [1.165, 1.54) is 0 Å². The molecule has 134 valence electrons. The molecule has 0 saturated heterocycles. The second-order valence-corrected chi connectivity index (χ2v) is 6.47. The fourth-order valence-electron chi connectivity index (χ4n) is 2.61. The van der Waals surface area contributed by atoms with Gasteiger partial charge in [-0.25, -0.2) is 0 Å². The molecule has 1 amide bonds. The number of benzene rings is 2. The topological polar surface area (TPSA) is 64.4 Å². The maximum Gasteiger partial charge on any atom is 0.278 e. The van der Waals surface area contributed by atoms with Crippen LogP contribution in [0.2, 0.25) is 5.02 Å². The zero-order chi connectivity index (χ0) is 18.7. The summed E-state index contributed by atoms with van der Waals surface area (Å²) < 4.78 is 10.9. The average molecular weight is 371 g/mol. The number of carbonyl (C=O) groups is 1. The summed E-state index contributed by atoms with van der Waals surface area (Å²) in [7, 11) is 0. The van der Waals surface area contributed by atoms with E-state index in [0.717, 1.165) is 16.8 Å². The van der Waals surface area contributed by atoms with Gasteiger partial charge in [0.05, 0.1) is 5.56 Å². The van der Waals surface area contributed by atoms with Crippen LogP contribution in [-0.2, 0) is 6.61 Å². The van der Waals surface area contributed by atoms with Crippen molar-refractivity contribution in [3.8, 4) is 5.75 Å². The zero-order valence-electron chi connectivity index (χ0n) is 14.8. The summed E-state index contributed by atoms with van der Waals surface area (Å²) in [5.41, 5.74) is 3.58. The zero-order valence-corrected chi connectivity index (χ0v) is 15.6. The Morgan fingerprint density at radius 3 is 2.42 bits per heavy atom. The third kappa shape index (κ3) is 3.89. The van der Waals surface area contributed by atoms with Gasteiger partial charge in [-0.15, -0.1) is 0 Å². The van der Waals surface area contributed by atoms with Gasteiger partial charge >= 0.3 is 0 Å². The number of nitrogens with one attached hydrogen (secondary N) is 1. The van der Waals surface area contributed by atoms with Crippen LogP contribution >= 0.6 is 11.6 Å². The van der Waals surface area contributed by atoms with Gasteiger partial charge in [0.25, 0.3) is 5.91 Å². The molecule has 0 aliphatic heterocycles. The van der Waals surface area contributed by atoms with Crippen molar-refractivity contribution in [2.24, 2.45) is 0 Å². The Kier molecular flexibility index (Phi) is 5.28. The van der Waals surface area contributed by atoms with Crippen molar-refractivity contribution in [3.63, 3.8) is 0 Å². The molecule has 5 nitrogen and oxygen atoms in total. The predicted molar refractivity (Wildman–Crippen MR) is 101 cm³/mol. The van der Waals surface area contributed by atoms with E-state index in [0.29, 0.717) is 22.1 Å². The molecule has 0 spiro atoms. The van der Waals surface area contributed by atoms with E-state index < -0.39 is 0 Å². The molecule has 1 N–H and O–H groups in total. The number of hydrogen-bond acceptors (Lipinski definition) is 4. The van der Waals surface area contributed by atoms with E-state index >= 15 is 0 Å². The molecular weight excluding hydrogens is 352 g/mol. The number of halogens is 1. The lowest BCUT2D eigenvalue weighted by Crippen LogP contribution is -2.16. The highest BCUT2D eigenvalue weighted by atomic mass is 35.5. The summed E-state index contributed by atoms with van der Waals surface area (Å²) in [5, 5.41) is 7.46. The van der Waals surface area contributed by atoms with Crippen molar-refractivity contribution in [1.82, 2.24) is 5.16 Å². The number of anilines is 1. The molecule has 1 aromatic heterocycles. The molecule has 6 heteroatoms. The molecular formula is C20H19ClN2O3. The number of nitrogens with zero attached hydrogens (tertiary/aromatic N) is 1. The molecule has 1 heterocycles. The Hall–Kier alpha value is -2.79. The summed E-state index contributed by atoms with van der Waals surface area (Å²) in [6, 6.07) is 12.9. The van der Waals surface area contributed by atoms with Gasteiger partial charge in [0.15, 0.2) is 5.69 Å². The minimum Gasteiger partial charge on any atom is -0.489 e. The van der Waals surface area contributed by atoms with E-state index in [1.807, 2.05) is 32.0 Å². The monoisotopic (exact) mass is 370 g/mol. The first-order valence-corrected chi connectivity index (χ1v) is 8.54. The quantitative estimate of drug-likeness (QED) is 0.679. The van der Waals surface area contributed by atoms with Gasteiger partial charge in [0, 0.05) is 10.7 Å². The number of aryl methyl sites for hydroxylation is 3. The van der Waals surface area contributed by atoms with E-state index in [2.05, 4.69) is 10.5 Å². The second kappa shape index (κ2) is 7.62. The van der Waals surface area contributed by atoms with Crippen LogP contribution in [0.4, 0.5) is 5.69 Å². The van der Waals surface area contributed by atoms with Gasteiger partial charge in [-0.05, 0) is 56.2 Å². The first-order chi connectivity index (χ1) is 12.5. The standard InChI is InChI=1S/C20H19ClN2O3/c1-12-5-4-6-13(2)18(12)22-20(24)19-17(14(3)26-23-19)11-25-16-9-7-15(21)8-10-16/h4-10H,11H2,1-3H3,(H,22,24). The van der Waals surface area contributed by atoms with Gasteiger partial charge in [-0.3, -0.25) is 4.79 Å². The van der Waals surface area contributed by atoms with E-state index in [-0.39, 0.29) is 18.2 Å². The van der Waals surface area contributed by atoms with Crippen molar-refractivity contribution in [2.75, 3.05) is 5.32 Å². The first-order valence-electron chi connectivity index (χ1n) is 8.17. The molecule has 0 unspecified atom stereocenters. The molecule has 0 fully saturated rings. The number of ether oxygens (including phenoxy) is 1. The largest absolute Gasteiger partial charge is 0.489 e. The molecule has 3 rings (SSSR count). The summed E-state index contributed by atoms with van der Waals surface area (Å²) in [5.74, 6) is 0.871. The molecule has 0 aliphatic rings. The van der Waals surface area contributed by atoms with Gasteiger partial charge in [0.2, 0.25) is 0 Å². The maximum atomic E-state index is 12.7. The van der Waals surface area contributed by atoms with Crippen molar-refractivity contribution in [3.05, 3.63) is 75.6 Å². The minimum atomic E-state index is -0.325. The van der Waals surface area contributed by atoms with Crippen LogP contribution in [0, 0.1) is 20.8 Å². The predicted octanol–water partition coefficient (Wildman–Crippen LogP) is 5.08. The highest BCUT2D eigenvalue weighted by Gasteiger charge is 2.21. The fourth-order valence-corrected chi connectivity index (χ4v) is 2.74. The highest BCUT2D eigenvalue weighted by molar-refractivity contribution is 6.30. The lowest BCUT2D eigenvalue weighted by atomic mass is 10.1. The van der Waals surface area contributed by atoms with Crippen molar-refractivity contribution >= 4 is 23.2 Å². The Labute approximate surface area is 156 Å². The Bertz CT molecular complexity index is 912. The molecule has 0 bridgehead atoms. The molecule has 0 atom stereocenters. The minimum absolute atomic E-state index is 0.173. The molecule has 0 aliphatic carbocycles. The van der Waals surface area contributed by atoms with Crippen molar-refractivity contribution in [1.29, 1.82) is 0 Å². The van der Waals surface area contributed by atoms with Gasteiger partial charge in [-0.2, -0.15) is 0 Å². The first kappa shape index (κ1) is 18.0. The van der Waals surface area contributed by atoms with E-state index in [1.54, 1.807) is 31.2 Å². The van der Waals surface area contributed by atoms with Crippen LogP contribution in [0.15, 0.2) is 47.0 Å². The van der Waals surface area contributed by atoms with Gasteiger partial charge in [-0.1, -0.05) is 35.0 Å². The SMILES string of the molecule is Cc1cccc(C)c1NC(=O)c1noc(C)c1COc1ccc(Cl)cc1. The van der Waals surface area contributed by atoms with Crippen molar-refractivity contribution in [2.45, 2.75) is 27.4 Å².